The van der Waals surface area contributed by atoms with Crippen molar-refractivity contribution in [3.63, 3.8) is 0 Å². The molecule has 0 fully saturated rings. The zero-order valence-electron chi connectivity index (χ0n) is 15.8. The highest BCUT2D eigenvalue weighted by Gasteiger charge is 2.32. The van der Waals surface area contributed by atoms with Crippen LogP contribution >= 0.6 is 0 Å². The van der Waals surface area contributed by atoms with Gasteiger partial charge in [-0.25, -0.2) is 9.59 Å². The summed E-state index contributed by atoms with van der Waals surface area (Å²) in [6.07, 6.45) is 1.49. The summed E-state index contributed by atoms with van der Waals surface area (Å²) in [6.45, 7) is 6.11. The Balaban J connectivity index is 1.87. The van der Waals surface area contributed by atoms with E-state index in [1.165, 1.54) is 12.1 Å². The first-order valence-electron chi connectivity index (χ1n) is 9.14. The standard InChI is InChI=1S/C22H24O5/c1-4-13-11-15(6-7-16(13)20(24)25)27-21(26)14-5-8-18-17(12-14)19(23)9-10-22(18,2)3/h5-8,11-12,19,23H,4,9-10H2,1-3H3,(H,24,25). The van der Waals surface area contributed by atoms with Crippen LogP contribution in [0.1, 0.15) is 77.1 Å². The first-order chi connectivity index (χ1) is 12.7. The van der Waals surface area contributed by atoms with Crippen molar-refractivity contribution in [1.29, 1.82) is 0 Å². The van der Waals surface area contributed by atoms with Gasteiger partial charge in [0.2, 0.25) is 0 Å². The van der Waals surface area contributed by atoms with Gasteiger partial charge in [0.1, 0.15) is 5.75 Å². The smallest absolute Gasteiger partial charge is 0.343 e. The predicted octanol–water partition coefficient (Wildman–Crippen LogP) is 4.27. The fraction of sp³-hybridized carbons (Fsp3) is 0.364. The number of carboxylic acids is 1. The van der Waals surface area contributed by atoms with E-state index >= 15 is 0 Å². The van der Waals surface area contributed by atoms with E-state index in [1.807, 2.05) is 13.0 Å². The lowest BCUT2D eigenvalue weighted by molar-refractivity contribution is 0.0695. The van der Waals surface area contributed by atoms with Gasteiger partial charge in [-0.05, 0) is 71.7 Å². The minimum atomic E-state index is -1.00. The van der Waals surface area contributed by atoms with Crippen molar-refractivity contribution in [1.82, 2.24) is 0 Å². The Labute approximate surface area is 158 Å². The molecule has 2 aromatic rings. The van der Waals surface area contributed by atoms with Crippen molar-refractivity contribution < 1.29 is 24.5 Å². The van der Waals surface area contributed by atoms with Crippen LogP contribution < -0.4 is 4.74 Å². The maximum atomic E-state index is 12.6. The molecule has 0 spiro atoms. The number of hydrogen-bond acceptors (Lipinski definition) is 4. The van der Waals surface area contributed by atoms with Gasteiger partial charge in [-0.3, -0.25) is 0 Å². The van der Waals surface area contributed by atoms with Crippen LogP contribution in [0.3, 0.4) is 0 Å². The number of esters is 1. The van der Waals surface area contributed by atoms with Crippen molar-refractivity contribution in [3.8, 4) is 5.75 Å². The molecule has 3 rings (SSSR count). The van der Waals surface area contributed by atoms with E-state index in [0.29, 0.717) is 29.7 Å². The summed E-state index contributed by atoms with van der Waals surface area (Å²) < 4.78 is 5.44. The molecule has 0 amide bonds. The number of carboxylic acid groups (broad SMARTS) is 1. The SMILES string of the molecule is CCc1cc(OC(=O)c2ccc3c(c2)C(O)CCC3(C)C)ccc1C(=O)O. The van der Waals surface area contributed by atoms with Gasteiger partial charge in [0.05, 0.1) is 17.2 Å². The van der Waals surface area contributed by atoms with E-state index in [2.05, 4.69) is 13.8 Å². The van der Waals surface area contributed by atoms with Gasteiger partial charge in [-0.15, -0.1) is 0 Å². The predicted molar refractivity (Wildman–Crippen MR) is 101 cm³/mol. The zero-order chi connectivity index (χ0) is 19.8. The number of hydrogen-bond donors (Lipinski definition) is 2. The van der Waals surface area contributed by atoms with Crippen LogP contribution in [0.5, 0.6) is 5.75 Å². The molecule has 5 heteroatoms. The molecule has 1 aliphatic rings. The van der Waals surface area contributed by atoms with Gasteiger partial charge in [0, 0.05) is 0 Å². The first kappa shape index (κ1) is 19.1. The van der Waals surface area contributed by atoms with Crippen LogP contribution in [-0.2, 0) is 11.8 Å². The number of aromatic carboxylic acids is 1. The average Bonchev–Trinajstić information content (AvgIpc) is 2.64. The summed E-state index contributed by atoms with van der Waals surface area (Å²) >= 11 is 0. The Morgan fingerprint density at radius 2 is 1.93 bits per heavy atom. The van der Waals surface area contributed by atoms with Crippen molar-refractivity contribution in [2.45, 2.75) is 51.6 Å². The van der Waals surface area contributed by atoms with Gasteiger partial charge in [-0.2, -0.15) is 0 Å². The molecule has 1 unspecified atom stereocenters. The lowest BCUT2D eigenvalue weighted by Crippen LogP contribution is -2.26. The summed E-state index contributed by atoms with van der Waals surface area (Å²) in [6, 6.07) is 9.82. The van der Waals surface area contributed by atoms with Crippen molar-refractivity contribution >= 4 is 11.9 Å². The highest BCUT2D eigenvalue weighted by atomic mass is 16.5. The number of fused-ring (bicyclic) bond motifs is 1. The summed E-state index contributed by atoms with van der Waals surface area (Å²) in [4.78, 5) is 23.8. The molecular formula is C22H24O5. The number of benzene rings is 2. The van der Waals surface area contributed by atoms with E-state index < -0.39 is 18.0 Å². The number of rotatable bonds is 4. The van der Waals surface area contributed by atoms with E-state index in [0.717, 1.165) is 17.5 Å². The second-order valence-electron chi connectivity index (χ2n) is 7.61. The number of aliphatic hydroxyl groups excluding tert-OH is 1. The summed E-state index contributed by atoms with van der Waals surface area (Å²) in [5.41, 5.74) is 2.96. The molecule has 0 aliphatic heterocycles. The van der Waals surface area contributed by atoms with Gasteiger partial charge in [-0.1, -0.05) is 26.8 Å². The van der Waals surface area contributed by atoms with Gasteiger partial charge in [0.15, 0.2) is 0 Å². The fourth-order valence-electron chi connectivity index (χ4n) is 3.67. The minimum absolute atomic E-state index is 0.0420. The maximum absolute atomic E-state index is 12.6. The third kappa shape index (κ3) is 3.74. The molecule has 2 N–H and O–H groups in total. The van der Waals surface area contributed by atoms with Crippen LogP contribution in [0, 0.1) is 0 Å². The van der Waals surface area contributed by atoms with E-state index in [-0.39, 0.29) is 11.0 Å². The Morgan fingerprint density at radius 1 is 1.19 bits per heavy atom. The summed E-state index contributed by atoms with van der Waals surface area (Å²) in [7, 11) is 0. The van der Waals surface area contributed by atoms with E-state index in [1.54, 1.807) is 18.2 Å². The number of aliphatic hydroxyl groups is 1. The number of ether oxygens (including phenoxy) is 1. The lowest BCUT2D eigenvalue weighted by Gasteiger charge is -2.35. The molecule has 142 valence electrons. The molecule has 0 radical (unpaired) electrons. The molecule has 5 nitrogen and oxygen atoms in total. The maximum Gasteiger partial charge on any atom is 0.343 e. The van der Waals surface area contributed by atoms with Crippen LogP contribution in [0.25, 0.3) is 0 Å². The van der Waals surface area contributed by atoms with Crippen LogP contribution in [0.2, 0.25) is 0 Å². The monoisotopic (exact) mass is 368 g/mol. The quantitative estimate of drug-likeness (QED) is 0.622. The Morgan fingerprint density at radius 3 is 2.59 bits per heavy atom. The molecular weight excluding hydrogens is 344 g/mol. The number of carbonyl (C=O) groups is 2. The minimum Gasteiger partial charge on any atom is -0.478 e. The van der Waals surface area contributed by atoms with Crippen LogP contribution in [0.15, 0.2) is 36.4 Å². The third-order valence-corrected chi connectivity index (χ3v) is 5.32. The third-order valence-electron chi connectivity index (χ3n) is 5.32. The van der Waals surface area contributed by atoms with E-state index in [9.17, 15) is 19.8 Å². The molecule has 1 atom stereocenters. The Bertz CT molecular complexity index is 898. The van der Waals surface area contributed by atoms with Crippen molar-refractivity contribution in [2.75, 3.05) is 0 Å². The topological polar surface area (TPSA) is 83.8 Å². The fourth-order valence-corrected chi connectivity index (χ4v) is 3.67. The largest absolute Gasteiger partial charge is 0.478 e. The molecule has 2 aromatic carbocycles. The first-order valence-corrected chi connectivity index (χ1v) is 9.14. The van der Waals surface area contributed by atoms with E-state index in [4.69, 9.17) is 4.74 Å². The average molecular weight is 368 g/mol. The van der Waals surface area contributed by atoms with Gasteiger partial charge in [0.25, 0.3) is 0 Å². The van der Waals surface area contributed by atoms with Gasteiger partial charge < -0.3 is 14.9 Å². The number of aryl methyl sites for hydroxylation is 1. The Kier molecular flexibility index (Phi) is 5.07. The second kappa shape index (κ2) is 7.16. The molecule has 1 aliphatic carbocycles. The lowest BCUT2D eigenvalue weighted by atomic mass is 9.71. The summed E-state index contributed by atoms with van der Waals surface area (Å²) in [5.74, 6) is -1.23. The Hall–Kier alpha value is -2.66. The molecule has 0 bridgehead atoms. The molecule has 0 aromatic heterocycles. The molecule has 27 heavy (non-hydrogen) atoms. The molecule has 0 heterocycles. The summed E-state index contributed by atoms with van der Waals surface area (Å²) in [5, 5.41) is 19.5. The highest BCUT2D eigenvalue weighted by Crippen LogP contribution is 2.41. The number of carbonyl (C=O) groups excluding carboxylic acids is 1. The molecule has 0 saturated carbocycles. The highest BCUT2D eigenvalue weighted by molar-refractivity contribution is 5.92. The van der Waals surface area contributed by atoms with Crippen LogP contribution in [-0.4, -0.2) is 22.2 Å². The zero-order valence-corrected chi connectivity index (χ0v) is 15.8. The van der Waals surface area contributed by atoms with Crippen molar-refractivity contribution in [2.24, 2.45) is 0 Å². The molecule has 0 saturated heterocycles. The van der Waals surface area contributed by atoms with Gasteiger partial charge >= 0.3 is 11.9 Å². The normalized spacial score (nSPS) is 17.9. The second-order valence-corrected chi connectivity index (χ2v) is 7.61. The van der Waals surface area contributed by atoms with Crippen LogP contribution in [0.4, 0.5) is 0 Å². The van der Waals surface area contributed by atoms with Crippen molar-refractivity contribution in [3.05, 3.63) is 64.2 Å².